The first kappa shape index (κ1) is 50.4. The van der Waals surface area contributed by atoms with Crippen LogP contribution >= 0.6 is 23.2 Å². The molecule has 0 bridgehead atoms. The van der Waals surface area contributed by atoms with Crippen LogP contribution in [-0.2, 0) is 78.6 Å². The Morgan fingerprint density at radius 2 is 0.706 bits per heavy atom. The fraction of sp³-hybridized carbons (Fsp3) is 0.160. The minimum absolute atomic E-state index is 0.0813. The molecule has 68 heavy (non-hydrogen) atoms. The molecule has 0 fully saturated rings. The summed E-state index contributed by atoms with van der Waals surface area (Å²) >= 11 is 12.1. The molecule has 0 saturated carbocycles. The summed E-state index contributed by atoms with van der Waals surface area (Å²) in [5.41, 5.74) is -4.69. The smallest absolute Gasteiger partial charge is 0.416 e. The van der Waals surface area contributed by atoms with Crippen LogP contribution in [0.4, 0.5) is 26.3 Å². The number of hydrogen-bond donors (Lipinski definition) is 4. The highest BCUT2D eigenvalue weighted by molar-refractivity contribution is 6.30. The van der Waals surface area contributed by atoms with Crippen molar-refractivity contribution in [1.29, 1.82) is 0 Å². The van der Waals surface area contributed by atoms with Gasteiger partial charge in [0, 0.05) is 59.5 Å². The summed E-state index contributed by atoms with van der Waals surface area (Å²) in [6, 6.07) is 36.5. The molecule has 2 atom stereocenters. The largest absolute Gasteiger partial charge is 0.427 e. The molecule has 18 heteroatoms. The maximum Gasteiger partial charge on any atom is 0.416 e. The number of amides is 2. The standard InChI is InChI=1S/C50H40Cl2F6N4O6/c51-41-23-15-33(16-24-41)29-59-45(65)47(37-7-3-1-4-8-37,61-31-35-11-19-39(20-12-35)49(53,54)55)67-43(63)27-28-44(64)68-48(38-9-5-2-6-10-38,46(66)60-30-34-17-25-42(52)26-18-34)62-32-36-13-21-40(22-14-36)50(56,57)58/h1-28,61-62H,29-32H2,(H,59,65)(H,60,66)/b28-27+. The van der Waals surface area contributed by atoms with E-state index in [2.05, 4.69) is 21.3 Å². The van der Waals surface area contributed by atoms with Crippen LogP contribution in [0.1, 0.15) is 44.5 Å². The van der Waals surface area contributed by atoms with E-state index < -0.39 is 58.7 Å². The Bertz CT molecular complexity index is 2510. The van der Waals surface area contributed by atoms with Crippen molar-refractivity contribution >= 4 is 47.0 Å². The van der Waals surface area contributed by atoms with Crippen molar-refractivity contribution in [3.8, 4) is 0 Å². The van der Waals surface area contributed by atoms with Crippen molar-refractivity contribution in [2.75, 3.05) is 0 Å². The lowest BCUT2D eigenvalue weighted by Gasteiger charge is -2.34. The molecule has 0 aliphatic carbocycles. The first-order valence-electron chi connectivity index (χ1n) is 20.5. The molecular weight excluding hydrogens is 937 g/mol. The average Bonchev–Trinajstić information content (AvgIpc) is 3.33. The fourth-order valence-corrected chi connectivity index (χ4v) is 6.91. The van der Waals surface area contributed by atoms with Gasteiger partial charge in [-0.15, -0.1) is 0 Å². The van der Waals surface area contributed by atoms with Crippen molar-refractivity contribution < 1.29 is 55.0 Å². The predicted octanol–water partition coefficient (Wildman–Crippen LogP) is 9.89. The van der Waals surface area contributed by atoms with Gasteiger partial charge in [-0.2, -0.15) is 26.3 Å². The average molecular weight is 978 g/mol. The minimum Gasteiger partial charge on any atom is -0.427 e. The molecule has 0 aliphatic rings. The highest BCUT2D eigenvalue weighted by Gasteiger charge is 2.46. The van der Waals surface area contributed by atoms with Gasteiger partial charge in [-0.25, -0.2) is 9.59 Å². The second-order valence-electron chi connectivity index (χ2n) is 15.0. The molecule has 0 heterocycles. The highest BCUT2D eigenvalue weighted by atomic mass is 35.5. The zero-order valence-electron chi connectivity index (χ0n) is 35.5. The first-order valence-corrected chi connectivity index (χ1v) is 21.2. The van der Waals surface area contributed by atoms with Crippen LogP contribution in [0.25, 0.3) is 0 Å². The molecule has 0 aliphatic heterocycles. The van der Waals surface area contributed by atoms with Gasteiger partial charge in [0.1, 0.15) is 0 Å². The third-order valence-electron chi connectivity index (χ3n) is 10.2. The molecule has 0 aromatic heterocycles. The molecule has 4 N–H and O–H groups in total. The lowest BCUT2D eigenvalue weighted by atomic mass is 10.00. The molecule has 0 spiro atoms. The Kier molecular flexibility index (Phi) is 16.5. The van der Waals surface area contributed by atoms with E-state index in [-0.39, 0.29) is 48.4 Å². The lowest BCUT2D eigenvalue weighted by molar-refractivity contribution is -0.172. The van der Waals surface area contributed by atoms with E-state index in [0.717, 1.165) is 24.3 Å². The van der Waals surface area contributed by atoms with Crippen LogP contribution in [0.2, 0.25) is 10.0 Å². The number of ether oxygens (including phenoxy) is 2. The normalized spacial score (nSPS) is 13.5. The summed E-state index contributed by atoms with van der Waals surface area (Å²) in [7, 11) is 0. The van der Waals surface area contributed by atoms with E-state index in [1.54, 1.807) is 84.9 Å². The van der Waals surface area contributed by atoms with E-state index in [0.29, 0.717) is 33.3 Å². The topological polar surface area (TPSA) is 135 Å². The van der Waals surface area contributed by atoms with Crippen molar-refractivity contribution in [3.63, 3.8) is 0 Å². The van der Waals surface area contributed by atoms with Gasteiger partial charge in [-0.1, -0.05) is 132 Å². The zero-order valence-corrected chi connectivity index (χ0v) is 37.0. The molecular formula is C50H40Cl2F6N4O6. The number of rotatable bonds is 18. The number of carbonyl (C=O) groups excluding carboxylic acids is 4. The van der Waals surface area contributed by atoms with Crippen molar-refractivity contribution in [2.45, 2.75) is 50.0 Å². The summed E-state index contributed by atoms with van der Waals surface area (Å²) in [6.45, 7) is -0.799. The van der Waals surface area contributed by atoms with Crippen LogP contribution in [-0.4, -0.2) is 23.8 Å². The molecule has 0 saturated heterocycles. The number of alkyl halides is 6. The van der Waals surface area contributed by atoms with Crippen LogP contribution in [0.5, 0.6) is 0 Å². The monoisotopic (exact) mass is 976 g/mol. The second-order valence-corrected chi connectivity index (χ2v) is 15.9. The Balaban J connectivity index is 1.32. The van der Waals surface area contributed by atoms with Crippen LogP contribution in [0.15, 0.2) is 170 Å². The number of hydrogen-bond acceptors (Lipinski definition) is 8. The Morgan fingerprint density at radius 1 is 0.412 bits per heavy atom. The van der Waals surface area contributed by atoms with E-state index >= 15 is 0 Å². The Morgan fingerprint density at radius 3 is 1.01 bits per heavy atom. The predicted molar refractivity (Wildman–Crippen MR) is 241 cm³/mol. The Labute approximate surface area is 396 Å². The molecule has 6 aromatic carbocycles. The van der Waals surface area contributed by atoms with E-state index in [1.807, 2.05) is 0 Å². The van der Waals surface area contributed by atoms with Crippen molar-refractivity contribution in [2.24, 2.45) is 0 Å². The summed E-state index contributed by atoms with van der Waals surface area (Å²) in [5.74, 6) is -4.41. The van der Waals surface area contributed by atoms with E-state index in [4.69, 9.17) is 32.7 Å². The van der Waals surface area contributed by atoms with Gasteiger partial charge in [0.15, 0.2) is 0 Å². The summed E-state index contributed by atoms with van der Waals surface area (Å²) < 4.78 is 92.1. The zero-order chi connectivity index (χ0) is 49.0. The van der Waals surface area contributed by atoms with Crippen LogP contribution in [0, 0.1) is 0 Å². The molecule has 352 valence electrons. The van der Waals surface area contributed by atoms with Crippen LogP contribution in [0.3, 0.4) is 0 Å². The van der Waals surface area contributed by atoms with Gasteiger partial charge in [0.2, 0.25) is 0 Å². The number of nitrogens with one attached hydrogen (secondary N) is 4. The van der Waals surface area contributed by atoms with Crippen molar-refractivity contribution in [1.82, 2.24) is 21.3 Å². The van der Waals surface area contributed by atoms with Gasteiger partial charge in [-0.3, -0.25) is 20.2 Å². The molecule has 6 aromatic rings. The maximum atomic E-state index is 14.4. The van der Waals surface area contributed by atoms with E-state index in [9.17, 15) is 45.5 Å². The maximum absolute atomic E-state index is 14.4. The highest BCUT2D eigenvalue weighted by Crippen LogP contribution is 2.32. The summed E-state index contributed by atoms with van der Waals surface area (Å²) in [5, 5.41) is 12.1. The third kappa shape index (κ3) is 13.3. The number of carbonyl (C=O) groups is 4. The molecule has 0 radical (unpaired) electrons. The van der Waals surface area contributed by atoms with E-state index in [1.165, 1.54) is 48.5 Å². The van der Waals surface area contributed by atoms with Gasteiger partial charge >= 0.3 is 24.3 Å². The SMILES string of the molecule is O=C(/C=C/C(=O)OC(NCc1ccc(C(F)(F)F)cc1)(C(=O)NCc1ccc(Cl)cc1)c1ccccc1)OC(NCc1ccc(C(F)(F)F)cc1)(C(=O)NCc1ccc(Cl)cc1)c1ccccc1. The number of benzene rings is 6. The first-order chi connectivity index (χ1) is 32.4. The summed E-state index contributed by atoms with van der Waals surface area (Å²) in [4.78, 5) is 56.6. The molecule has 6 rings (SSSR count). The number of esters is 2. The lowest BCUT2D eigenvalue weighted by Crippen LogP contribution is -2.57. The Hall–Kier alpha value is -6.98. The van der Waals surface area contributed by atoms with Gasteiger partial charge in [0.25, 0.3) is 23.3 Å². The molecule has 10 nitrogen and oxygen atoms in total. The molecule has 2 unspecified atom stereocenters. The quantitative estimate of drug-likeness (QED) is 0.0290. The number of halogens is 8. The van der Waals surface area contributed by atoms with Crippen molar-refractivity contribution in [3.05, 3.63) is 224 Å². The second kappa shape index (κ2) is 22.2. The van der Waals surface area contributed by atoms with Gasteiger partial charge < -0.3 is 20.1 Å². The fourth-order valence-electron chi connectivity index (χ4n) is 6.66. The van der Waals surface area contributed by atoms with Gasteiger partial charge in [0.05, 0.1) is 11.1 Å². The summed E-state index contributed by atoms with van der Waals surface area (Å²) in [6.07, 6.45) is -7.95. The van der Waals surface area contributed by atoms with Gasteiger partial charge in [-0.05, 0) is 70.8 Å². The third-order valence-corrected chi connectivity index (χ3v) is 10.7. The van der Waals surface area contributed by atoms with Crippen LogP contribution < -0.4 is 21.3 Å². The molecule has 2 amide bonds. The minimum atomic E-state index is -4.62.